The van der Waals surface area contributed by atoms with Crippen LogP contribution in [0.2, 0.25) is 0 Å². The highest BCUT2D eigenvalue weighted by atomic mass is 19.4. The van der Waals surface area contributed by atoms with Crippen LogP contribution in [0.5, 0.6) is 5.75 Å². The number of hydrogen-bond acceptors (Lipinski definition) is 5. The molecule has 9 heteroatoms. The molecule has 6 nitrogen and oxygen atoms in total. The molecule has 2 heterocycles. The van der Waals surface area contributed by atoms with Crippen molar-refractivity contribution in [1.82, 2.24) is 9.97 Å². The Kier molecular flexibility index (Phi) is 4.86. The second kappa shape index (κ2) is 7.51. The lowest BCUT2D eigenvalue weighted by molar-refractivity contribution is -0.138. The molecule has 0 bridgehead atoms. The molecule has 2 aromatic carbocycles. The van der Waals surface area contributed by atoms with Gasteiger partial charge in [0.15, 0.2) is 11.2 Å². The van der Waals surface area contributed by atoms with Crippen molar-refractivity contribution in [3.8, 4) is 17.2 Å². The van der Waals surface area contributed by atoms with Crippen molar-refractivity contribution in [3.05, 3.63) is 71.9 Å². The number of carbonyl (C=O) groups excluding carboxylic acids is 1. The first kappa shape index (κ1) is 19.4. The fraction of sp³-hybridized carbons (Fsp3) is 0.0952. The summed E-state index contributed by atoms with van der Waals surface area (Å²) >= 11 is 0. The number of benzene rings is 2. The Morgan fingerprint density at radius 3 is 2.67 bits per heavy atom. The number of carbonyl (C=O) groups is 1. The third kappa shape index (κ3) is 3.82. The van der Waals surface area contributed by atoms with Gasteiger partial charge in [-0.15, -0.1) is 0 Å². The van der Waals surface area contributed by atoms with Crippen LogP contribution in [0.15, 0.2) is 65.2 Å². The van der Waals surface area contributed by atoms with Crippen molar-refractivity contribution in [3.63, 3.8) is 0 Å². The fourth-order valence-corrected chi connectivity index (χ4v) is 2.90. The van der Waals surface area contributed by atoms with Crippen molar-refractivity contribution >= 4 is 22.8 Å². The lowest BCUT2D eigenvalue weighted by Gasteiger charge is -2.14. The highest BCUT2D eigenvalue weighted by molar-refractivity contribution is 6.05. The van der Waals surface area contributed by atoms with Gasteiger partial charge >= 0.3 is 6.18 Å². The van der Waals surface area contributed by atoms with Gasteiger partial charge in [-0.05, 0) is 48.5 Å². The molecule has 0 saturated carbocycles. The van der Waals surface area contributed by atoms with Crippen molar-refractivity contribution in [1.29, 1.82) is 0 Å². The predicted octanol–water partition coefficient (Wildman–Crippen LogP) is 5.17. The maximum atomic E-state index is 13.4. The number of anilines is 1. The number of pyridine rings is 1. The number of halogens is 3. The largest absolute Gasteiger partial charge is 0.497 e. The Morgan fingerprint density at radius 2 is 1.93 bits per heavy atom. The summed E-state index contributed by atoms with van der Waals surface area (Å²) in [6.07, 6.45) is -3.13. The zero-order chi connectivity index (χ0) is 21.3. The quantitative estimate of drug-likeness (QED) is 0.500. The number of oxazole rings is 1. The van der Waals surface area contributed by atoms with Gasteiger partial charge in [-0.2, -0.15) is 18.2 Å². The Morgan fingerprint density at radius 1 is 1.10 bits per heavy atom. The van der Waals surface area contributed by atoms with Crippen molar-refractivity contribution in [2.45, 2.75) is 6.18 Å². The van der Waals surface area contributed by atoms with Gasteiger partial charge in [0.05, 0.1) is 18.2 Å². The molecule has 30 heavy (non-hydrogen) atoms. The average molecular weight is 413 g/mol. The van der Waals surface area contributed by atoms with Crippen LogP contribution in [0.25, 0.3) is 22.7 Å². The number of aromatic nitrogens is 2. The molecule has 0 radical (unpaired) electrons. The van der Waals surface area contributed by atoms with Gasteiger partial charge in [-0.25, -0.2) is 4.98 Å². The van der Waals surface area contributed by atoms with E-state index in [0.29, 0.717) is 16.8 Å². The van der Waals surface area contributed by atoms with E-state index in [-0.39, 0.29) is 17.3 Å². The summed E-state index contributed by atoms with van der Waals surface area (Å²) in [5, 5.41) is 2.49. The van der Waals surface area contributed by atoms with Gasteiger partial charge in [0.2, 0.25) is 5.89 Å². The molecule has 0 aliphatic rings. The van der Waals surface area contributed by atoms with Crippen LogP contribution in [0.4, 0.5) is 18.9 Å². The van der Waals surface area contributed by atoms with Gasteiger partial charge < -0.3 is 14.5 Å². The van der Waals surface area contributed by atoms with Gasteiger partial charge in [-0.1, -0.05) is 6.07 Å². The number of hydrogen-bond donors (Lipinski definition) is 1. The zero-order valence-electron chi connectivity index (χ0n) is 15.5. The normalized spacial score (nSPS) is 11.5. The van der Waals surface area contributed by atoms with Gasteiger partial charge in [0, 0.05) is 17.4 Å². The first-order valence-electron chi connectivity index (χ1n) is 8.74. The van der Waals surface area contributed by atoms with E-state index in [9.17, 15) is 18.0 Å². The summed E-state index contributed by atoms with van der Waals surface area (Å²) in [5.41, 5.74) is 0.151. The molecule has 0 fully saturated rings. The van der Waals surface area contributed by atoms with E-state index < -0.39 is 23.2 Å². The third-order valence-electron chi connectivity index (χ3n) is 4.31. The summed E-state index contributed by atoms with van der Waals surface area (Å²) in [6, 6.07) is 13.0. The third-order valence-corrected chi connectivity index (χ3v) is 4.31. The van der Waals surface area contributed by atoms with Crippen LogP contribution < -0.4 is 10.1 Å². The number of nitrogens with one attached hydrogen (secondary N) is 1. The molecule has 0 saturated heterocycles. The monoisotopic (exact) mass is 413 g/mol. The SMILES string of the molecule is COc1ccc(C(=O)Nc2cccc(-c3nc4ncccc4o3)c2)c(C(F)(F)F)c1. The Bertz CT molecular complexity index is 1200. The van der Waals surface area contributed by atoms with Crippen molar-refractivity contribution in [2.24, 2.45) is 0 Å². The number of ether oxygens (including phenoxy) is 1. The molecule has 0 unspecified atom stereocenters. The molecule has 1 N–H and O–H groups in total. The number of nitrogens with zero attached hydrogens (tertiary/aromatic N) is 2. The number of methoxy groups -OCH3 is 1. The molecule has 4 aromatic rings. The summed E-state index contributed by atoms with van der Waals surface area (Å²) in [5.74, 6) is -0.618. The number of rotatable bonds is 4. The first-order chi connectivity index (χ1) is 14.3. The minimum atomic E-state index is -4.71. The molecule has 0 aliphatic heterocycles. The van der Waals surface area contributed by atoms with Crippen LogP contribution in [0.1, 0.15) is 15.9 Å². The predicted molar refractivity (Wildman–Crippen MR) is 103 cm³/mol. The maximum Gasteiger partial charge on any atom is 0.417 e. The summed E-state index contributed by atoms with van der Waals surface area (Å²) in [4.78, 5) is 20.9. The second-order valence-electron chi connectivity index (χ2n) is 6.29. The minimum absolute atomic E-state index is 0.00504. The summed E-state index contributed by atoms with van der Waals surface area (Å²) in [7, 11) is 1.25. The van der Waals surface area contributed by atoms with Crippen molar-refractivity contribution < 1.29 is 27.1 Å². The summed E-state index contributed by atoms with van der Waals surface area (Å²) in [6.45, 7) is 0. The zero-order valence-corrected chi connectivity index (χ0v) is 15.5. The number of fused-ring (bicyclic) bond motifs is 1. The Labute approximate surface area is 168 Å². The molecular weight excluding hydrogens is 399 g/mol. The smallest absolute Gasteiger partial charge is 0.417 e. The van der Waals surface area contributed by atoms with E-state index in [1.165, 1.54) is 13.2 Å². The lowest BCUT2D eigenvalue weighted by Crippen LogP contribution is -2.18. The summed E-state index contributed by atoms with van der Waals surface area (Å²) < 4.78 is 50.6. The Balaban J connectivity index is 1.64. The van der Waals surface area contributed by atoms with Crippen molar-refractivity contribution in [2.75, 3.05) is 12.4 Å². The van der Waals surface area contributed by atoms with Gasteiger partial charge in [0.1, 0.15) is 5.75 Å². The molecule has 1 amide bonds. The minimum Gasteiger partial charge on any atom is -0.497 e. The maximum absolute atomic E-state index is 13.4. The van der Waals surface area contributed by atoms with E-state index in [1.54, 1.807) is 42.6 Å². The topological polar surface area (TPSA) is 77.2 Å². The van der Waals surface area contributed by atoms with Crippen LogP contribution in [0.3, 0.4) is 0 Å². The molecular formula is C21H14F3N3O3. The number of alkyl halides is 3. The Hall–Kier alpha value is -3.88. The average Bonchev–Trinajstić information content (AvgIpc) is 3.17. The van der Waals surface area contributed by atoms with E-state index in [2.05, 4.69) is 15.3 Å². The standard InChI is InChI=1S/C21H14F3N3O3/c1-29-14-7-8-15(16(11-14)21(22,23)24)19(28)26-13-5-2-4-12(10-13)20-27-18-17(30-20)6-3-9-25-18/h2-11H,1H3,(H,26,28). The number of amides is 1. The molecule has 0 atom stereocenters. The fourth-order valence-electron chi connectivity index (χ4n) is 2.90. The second-order valence-corrected chi connectivity index (χ2v) is 6.29. The van der Waals surface area contributed by atoms with Gasteiger partial charge in [-0.3, -0.25) is 4.79 Å². The van der Waals surface area contributed by atoms with Crippen LogP contribution in [0, 0.1) is 0 Å². The van der Waals surface area contributed by atoms with E-state index >= 15 is 0 Å². The van der Waals surface area contributed by atoms with Crippen LogP contribution in [-0.4, -0.2) is 23.0 Å². The van der Waals surface area contributed by atoms with E-state index in [1.807, 2.05) is 0 Å². The van der Waals surface area contributed by atoms with E-state index in [4.69, 9.17) is 9.15 Å². The molecule has 2 aromatic heterocycles. The molecule has 4 rings (SSSR count). The highest BCUT2D eigenvalue weighted by Gasteiger charge is 2.35. The van der Waals surface area contributed by atoms with Crippen LogP contribution >= 0.6 is 0 Å². The highest BCUT2D eigenvalue weighted by Crippen LogP contribution is 2.35. The molecule has 152 valence electrons. The van der Waals surface area contributed by atoms with Gasteiger partial charge in [0.25, 0.3) is 5.91 Å². The first-order valence-corrected chi connectivity index (χ1v) is 8.74. The lowest BCUT2D eigenvalue weighted by atomic mass is 10.1. The molecule has 0 spiro atoms. The molecule has 0 aliphatic carbocycles. The van der Waals surface area contributed by atoms with Crippen LogP contribution in [-0.2, 0) is 6.18 Å². The van der Waals surface area contributed by atoms with E-state index in [0.717, 1.165) is 12.1 Å².